The number of allylic oxidation sites excluding steroid dienone is 1. The summed E-state index contributed by atoms with van der Waals surface area (Å²) in [7, 11) is 3.90. The maximum Gasteiger partial charge on any atom is 0.330 e. The summed E-state index contributed by atoms with van der Waals surface area (Å²) in [5, 5.41) is 0. The summed E-state index contributed by atoms with van der Waals surface area (Å²) in [6.07, 6.45) is 7.11. The van der Waals surface area contributed by atoms with E-state index in [4.69, 9.17) is 0 Å². The lowest BCUT2D eigenvalue weighted by Crippen LogP contribution is -2.15. The molecule has 0 bridgehead atoms. The number of benzene rings is 2. The van der Waals surface area contributed by atoms with Crippen molar-refractivity contribution in [2.24, 2.45) is 4.99 Å². The van der Waals surface area contributed by atoms with Crippen LogP contribution < -0.4 is 5.69 Å². The van der Waals surface area contributed by atoms with Crippen molar-refractivity contribution >= 4 is 11.9 Å². The summed E-state index contributed by atoms with van der Waals surface area (Å²) in [6, 6.07) is 14.0. The average Bonchev–Trinajstić information content (AvgIpc) is 3.07. The molecule has 0 radical (unpaired) electrons. The molecule has 2 aromatic carbocycles. The second-order valence-corrected chi connectivity index (χ2v) is 7.15. The zero-order valence-electron chi connectivity index (χ0n) is 17.3. The first-order valence-corrected chi connectivity index (χ1v) is 9.43. The van der Waals surface area contributed by atoms with Gasteiger partial charge in [-0.1, -0.05) is 54.6 Å². The Morgan fingerprint density at radius 3 is 2.52 bits per heavy atom. The highest BCUT2D eigenvalue weighted by molar-refractivity contribution is 5.81. The molecule has 29 heavy (non-hydrogen) atoms. The van der Waals surface area contributed by atoms with Crippen molar-refractivity contribution in [1.29, 1.82) is 0 Å². The van der Waals surface area contributed by atoms with Crippen LogP contribution >= 0.6 is 0 Å². The van der Waals surface area contributed by atoms with Crippen LogP contribution in [-0.4, -0.2) is 34.8 Å². The van der Waals surface area contributed by atoms with Crippen LogP contribution in [0.25, 0.3) is 22.6 Å². The minimum Gasteiger partial charge on any atom is -0.382 e. The molecule has 0 aliphatic heterocycles. The van der Waals surface area contributed by atoms with Gasteiger partial charge >= 0.3 is 5.69 Å². The first-order chi connectivity index (χ1) is 13.9. The van der Waals surface area contributed by atoms with Crippen LogP contribution in [0.3, 0.4) is 0 Å². The molecule has 0 aliphatic carbocycles. The second-order valence-electron chi connectivity index (χ2n) is 7.15. The van der Waals surface area contributed by atoms with E-state index in [2.05, 4.69) is 16.6 Å². The Morgan fingerprint density at radius 2 is 1.86 bits per heavy atom. The zero-order valence-corrected chi connectivity index (χ0v) is 17.3. The molecular weight excluding hydrogens is 360 g/mol. The monoisotopic (exact) mass is 386 g/mol. The van der Waals surface area contributed by atoms with Gasteiger partial charge in [0.25, 0.3) is 0 Å². The van der Waals surface area contributed by atoms with E-state index in [0.29, 0.717) is 0 Å². The van der Waals surface area contributed by atoms with E-state index < -0.39 is 0 Å². The van der Waals surface area contributed by atoms with Crippen LogP contribution in [-0.2, 0) is 0 Å². The number of hydrogen-bond donors (Lipinski definition) is 1. The van der Waals surface area contributed by atoms with Crippen LogP contribution in [0.2, 0.25) is 0 Å². The smallest absolute Gasteiger partial charge is 0.330 e. The van der Waals surface area contributed by atoms with Gasteiger partial charge in [0.05, 0.1) is 17.1 Å². The molecule has 0 fully saturated rings. The number of nitrogens with zero attached hydrogens (tertiary/aromatic N) is 3. The number of hydrogen-bond acceptors (Lipinski definition) is 3. The predicted molar refractivity (Wildman–Crippen MR) is 122 cm³/mol. The van der Waals surface area contributed by atoms with Crippen LogP contribution in [0, 0.1) is 13.8 Å². The van der Waals surface area contributed by atoms with Gasteiger partial charge in [-0.15, -0.1) is 0 Å². The molecule has 3 rings (SSSR count). The number of aromatic amines is 1. The number of H-pyrrole nitrogens is 1. The number of imidazole rings is 1. The fraction of sp³-hybridized carbons (Fsp3) is 0.167. The van der Waals surface area contributed by atoms with Gasteiger partial charge in [0.15, 0.2) is 0 Å². The fourth-order valence-electron chi connectivity index (χ4n) is 3.17. The Hall–Kier alpha value is -3.60. The third-order valence-electron chi connectivity index (χ3n) is 4.62. The molecule has 1 N–H and O–H groups in total. The first-order valence-electron chi connectivity index (χ1n) is 9.43. The van der Waals surface area contributed by atoms with Crippen LogP contribution in [0.15, 0.2) is 77.3 Å². The van der Waals surface area contributed by atoms with Crippen LogP contribution in [0.1, 0.15) is 16.7 Å². The highest BCUT2D eigenvalue weighted by atomic mass is 16.1. The Labute approximate surface area is 171 Å². The highest BCUT2D eigenvalue weighted by Crippen LogP contribution is 2.26. The Morgan fingerprint density at radius 1 is 1.14 bits per heavy atom. The summed E-state index contributed by atoms with van der Waals surface area (Å²) >= 11 is 0. The van der Waals surface area contributed by atoms with Crippen molar-refractivity contribution in [3.8, 4) is 16.9 Å². The largest absolute Gasteiger partial charge is 0.382 e. The van der Waals surface area contributed by atoms with Crippen molar-refractivity contribution in [2.75, 3.05) is 14.1 Å². The van der Waals surface area contributed by atoms with Gasteiger partial charge < -0.3 is 9.88 Å². The molecule has 5 nitrogen and oxygen atoms in total. The van der Waals surface area contributed by atoms with Gasteiger partial charge in [0.1, 0.15) is 0 Å². The molecule has 5 heteroatoms. The molecule has 148 valence electrons. The van der Waals surface area contributed by atoms with E-state index in [1.165, 1.54) is 5.56 Å². The third kappa shape index (κ3) is 4.46. The molecule has 1 aromatic heterocycles. The lowest BCUT2D eigenvalue weighted by atomic mass is 10.0. The molecule has 0 amide bonds. The van der Waals surface area contributed by atoms with E-state index in [1.807, 2.05) is 87.7 Å². The number of aliphatic imine (C=N–C) groups is 1. The molecule has 0 spiro atoms. The van der Waals surface area contributed by atoms with Crippen molar-refractivity contribution < 1.29 is 0 Å². The number of aryl methyl sites for hydroxylation is 1. The van der Waals surface area contributed by atoms with E-state index >= 15 is 0 Å². The molecule has 0 saturated heterocycles. The Bertz CT molecular complexity index is 1130. The van der Waals surface area contributed by atoms with E-state index in [9.17, 15) is 4.79 Å². The maximum atomic E-state index is 12.7. The van der Waals surface area contributed by atoms with Gasteiger partial charge in [-0.25, -0.2) is 4.79 Å². The summed E-state index contributed by atoms with van der Waals surface area (Å²) in [5.74, 6) is 0. The van der Waals surface area contributed by atoms with E-state index in [1.54, 1.807) is 16.9 Å². The lowest BCUT2D eigenvalue weighted by Gasteiger charge is -2.14. The maximum absolute atomic E-state index is 12.7. The van der Waals surface area contributed by atoms with Gasteiger partial charge in [-0.3, -0.25) is 9.56 Å². The van der Waals surface area contributed by atoms with E-state index in [0.717, 1.165) is 33.8 Å². The second kappa shape index (κ2) is 8.61. The third-order valence-corrected chi connectivity index (χ3v) is 4.62. The molecule has 0 saturated carbocycles. The summed E-state index contributed by atoms with van der Waals surface area (Å²) in [4.78, 5) is 22.1. The molecule has 0 aliphatic rings. The van der Waals surface area contributed by atoms with Crippen LogP contribution in [0.4, 0.5) is 0 Å². The topological polar surface area (TPSA) is 53.4 Å². The lowest BCUT2D eigenvalue weighted by molar-refractivity contribution is 0.565. The van der Waals surface area contributed by atoms with Gasteiger partial charge in [-0.2, -0.15) is 0 Å². The quantitative estimate of drug-likeness (QED) is 0.631. The Kier molecular flexibility index (Phi) is 5.98. The predicted octanol–water partition coefficient (Wildman–Crippen LogP) is 4.57. The minimum absolute atomic E-state index is 0.173. The first kappa shape index (κ1) is 20.1. The fourth-order valence-corrected chi connectivity index (χ4v) is 3.17. The Balaban J connectivity index is 2.10. The molecular formula is C24H26N4O. The zero-order chi connectivity index (χ0) is 21.0. The molecule has 0 unspecified atom stereocenters. The van der Waals surface area contributed by atoms with Gasteiger partial charge in [0, 0.05) is 38.3 Å². The van der Waals surface area contributed by atoms with E-state index in [-0.39, 0.29) is 5.69 Å². The number of aromatic nitrogens is 2. The summed E-state index contributed by atoms with van der Waals surface area (Å²) < 4.78 is 1.65. The molecule has 0 atom stereocenters. The van der Waals surface area contributed by atoms with Crippen LogP contribution in [0.5, 0.6) is 0 Å². The van der Waals surface area contributed by atoms with Crippen molar-refractivity contribution in [2.45, 2.75) is 13.8 Å². The average molecular weight is 386 g/mol. The summed E-state index contributed by atoms with van der Waals surface area (Å²) in [5.41, 5.74) is 6.32. The number of rotatable bonds is 6. The summed E-state index contributed by atoms with van der Waals surface area (Å²) in [6.45, 7) is 7.75. The van der Waals surface area contributed by atoms with Gasteiger partial charge in [-0.05, 0) is 31.0 Å². The normalized spacial score (nSPS) is 11.8. The SMILES string of the molecule is C=CC=N/C(=C\N(C)C)c1cccc(-n2cc(-c3ccc(C)cc3)[nH]c2=O)c1C. The minimum atomic E-state index is -0.173. The van der Waals surface area contributed by atoms with Crippen molar-refractivity contribution in [3.63, 3.8) is 0 Å². The number of nitrogens with one attached hydrogen (secondary N) is 1. The van der Waals surface area contributed by atoms with Crippen molar-refractivity contribution in [1.82, 2.24) is 14.5 Å². The standard InChI is InChI=1S/C24H26N4O/c1-6-14-25-22(15-27(4)5)20-8-7-9-23(18(20)3)28-16-21(26-24(28)29)19-12-10-17(2)11-13-19/h6-16H,1H2,2-5H3,(H,26,29)/b22-15-,25-14?. The van der Waals surface area contributed by atoms with Gasteiger partial charge in [0.2, 0.25) is 0 Å². The van der Waals surface area contributed by atoms with Crippen molar-refractivity contribution in [3.05, 3.63) is 94.7 Å². The highest BCUT2D eigenvalue weighted by Gasteiger charge is 2.13. The molecule has 3 aromatic rings. The molecule has 1 heterocycles.